The molecular formula is C34H50N2O3. The van der Waals surface area contributed by atoms with E-state index in [1.807, 2.05) is 12.1 Å². The molecule has 0 unspecified atom stereocenters. The lowest BCUT2D eigenvalue weighted by molar-refractivity contribution is -0.0898. The molecule has 0 N–H and O–H groups in total. The molecule has 0 aliphatic heterocycles. The Morgan fingerprint density at radius 2 is 1.33 bits per heavy atom. The molecule has 0 radical (unpaired) electrons. The van der Waals surface area contributed by atoms with Crippen molar-refractivity contribution in [3.05, 3.63) is 71.8 Å². The van der Waals surface area contributed by atoms with Gasteiger partial charge in [0.05, 0.1) is 37.5 Å². The number of unbranched alkanes of at least 4 members (excludes halogenated alkanes) is 8. The molecule has 0 heterocycles. The lowest BCUT2D eigenvalue weighted by Gasteiger charge is -2.34. The van der Waals surface area contributed by atoms with E-state index < -0.39 is 0 Å². The monoisotopic (exact) mass is 534 g/mol. The van der Waals surface area contributed by atoms with Crippen LogP contribution in [0.5, 0.6) is 0 Å². The van der Waals surface area contributed by atoms with Crippen LogP contribution in [-0.2, 0) is 27.4 Å². The molecule has 5 nitrogen and oxygen atoms in total. The predicted octanol–water partition coefficient (Wildman–Crippen LogP) is 7.69. The molecule has 3 rings (SSSR count). The average Bonchev–Trinajstić information content (AvgIpc) is 3.32. The Morgan fingerprint density at radius 3 is 1.97 bits per heavy atom. The van der Waals surface area contributed by atoms with Gasteiger partial charge < -0.3 is 14.2 Å². The normalized spacial score (nSPS) is 20.9. The maximum atomic E-state index is 8.82. The van der Waals surface area contributed by atoms with Crippen LogP contribution in [0.15, 0.2) is 60.7 Å². The van der Waals surface area contributed by atoms with Gasteiger partial charge in [-0.3, -0.25) is 4.90 Å². The van der Waals surface area contributed by atoms with Gasteiger partial charge in [-0.2, -0.15) is 5.26 Å². The number of hydrogen-bond donors (Lipinski definition) is 0. The van der Waals surface area contributed by atoms with Crippen LogP contribution in [0.4, 0.5) is 0 Å². The fourth-order valence-electron chi connectivity index (χ4n) is 5.55. The van der Waals surface area contributed by atoms with Gasteiger partial charge in [0.2, 0.25) is 0 Å². The second-order valence-electron chi connectivity index (χ2n) is 10.9. The van der Waals surface area contributed by atoms with Crippen molar-refractivity contribution < 1.29 is 14.2 Å². The maximum absolute atomic E-state index is 8.82. The van der Waals surface area contributed by atoms with Crippen LogP contribution >= 0.6 is 0 Å². The SMILES string of the molecule is CCCCCCCO[C@@H]1[C@@H](N(C)CCCCCCC#N)[C@H](OCc2ccccc2)C[C@@H]1OCc1ccccc1. The van der Waals surface area contributed by atoms with Crippen molar-refractivity contribution in [2.75, 3.05) is 20.2 Å². The summed E-state index contributed by atoms with van der Waals surface area (Å²) in [5.74, 6) is 0. The maximum Gasteiger partial charge on any atom is 0.102 e. The summed E-state index contributed by atoms with van der Waals surface area (Å²) in [7, 11) is 2.22. The molecule has 39 heavy (non-hydrogen) atoms. The highest BCUT2D eigenvalue weighted by Gasteiger charge is 2.47. The zero-order valence-electron chi connectivity index (χ0n) is 24.3. The van der Waals surface area contributed by atoms with Gasteiger partial charge in [0.15, 0.2) is 0 Å². The average molecular weight is 535 g/mol. The topological polar surface area (TPSA) is 54.7 Å². The van der Waals surface area contributed by atoms with E-state index in [-0.39, 0.29) is 24.4 Å². The predicted molar refractivity (Wildman–Crippen MR) is 158 cm³/mol. The number of hydrogen-bond acceptors (Lipinski definition) is 5. The summed E-state index contributed by atoms with van der Waals surface area (Å²) < 4.78 is 19.9. The molecule has 1 fully saturated rings. The fourth-order valence-corrected chi connectivity index (χ4v) is 5.55. The Labute approximate surface area is 237 Å². The largest absolute Gasteiger partial charge is 0.374 e. The van der Waals surface area contributed by atoms with Crippen molar-refractivity contribution in [1.29, 1.82) is 5.26 Å². The lowest BCUT2D eigenvalue weighted by Crippen LogP contribution is -2.48. The fraction of sp³-hybridized carbons (Fsp3) is 0.618. The van der Waals surface area contributed by atoms with Crippen molar-refractivity contribution >= 4 is 0 Å². The smallest absolute Gasteiger partial charge is 0.102 e. The van der Waals surface area contributed by atoms with E-state index in [1.54, 1.807) is 0 Å². The summed E-state index contributed by atoms with van der Waals surface area (Å²) in [6.07, 6.45) is 12.0. The molecule has 0 aromatic heterocycles. The van der Waals surface area contributed by atoms with Crippen molar-refractivity contribution in [2.45, 2.75) is 115 Å². The second-order valence-corrected chi connectivity index (χ2v) is 10.9. The van der Waals surface area contributed by atoms with Crippen molar-refractivity contribution in [1.82, 2.24) is 4.90 Å². The number of benzene rings is 2. The molecule has 1 aliphatic rings. The first-order valence-corrected chi connectivity index (χ1v) is 15.2. The summed E-state index contributed by atoms with van der Waals surface area (Å²) >= 11 is 0. The van der Waals surface area contributed by atoms with Crippen LogP contribution in [0.3, 0.4) is 0 Å². The zero-order chi connectivity index (χ0) is 27.5. The van der Waals surface area contributed by atoms with Gasteiger partial charge >= 0.3 is 0 Å². The van der Waals surface area contributed by atoms with Gasteiger partial charge in [-0.05, 0) is 44.0 Å². The van der Waals surface area contributed by atoms with Gasteiger partial charge in [0.25, 0.3) is 0 Å². The Kier molecular flexibility index (Phi) is 15.2. The third kappa shape index (κ3) is 11.4. The lowest BCUT2D eigenvalue weighted by atomic mass is 10.1. The highest BCUT2D eigenvalue weighted by molar-refractivity contribution is 5.15. The second kappa shape index (κ2) is 19.0. The van der Waals surface area contributed by atoms with Crippen molar-refractivity contribution in [3.63, 3.8) is 0 Å². The molecular weight excluding hydrogens is 484 g/mol. The van der Waals surface area contributed by atoms with Crippen molar-refractivity contribution in [3.8, 4) is 6.07 Å². The van der Waals surface area contributed by atoms with E-state index in [1.165, 1.54) is 36.8 Å². The number of nitriles is 1. The van der Waals surface area contributed by atoms with Crippen LogP contribution in [0, 0.1) is 11.3 Å². The first-order chi connectivity index (χ1) is 19.2. The van der Waals surface area contributed by atoms with Gasteiger partial charge in [-0.25, -0.2) is 0 Å². The summed E-state index contributed by atoms with van der Waals surface area (Å²) in [4.78, 5) is 2.45. The molecule has 0 bridgehead atoms. The van der Waals surface area contributed by atoms with Gasteiger partial charge in [0.1, 0.15) is 6.10 Å². The summed E-state index contributed by atoms with van der Waals surface area (Å²) in [6, 6.07) is 23.3. The third-order valence-electron chi connectivity index (χ3n) is 7.78. The summed E-state index contributed by atoms with van der Waals surface area (Å²) in [5, 5.41) is 8.82. The van der Waals surface area contributed by atoms with E-state index in [9.17, 15) is 0 Å². The minimum absolute atomic E-state index is 0.00954. The van der Waals surface area contributed by atoms with E-state index in [4.69, 9.17) is 19.5 Å². The van der Waals surface area contributed by atoms with Gasteiger partial charge in [0, 0.05) is 19.4 Å². The third-order valence-corrected chi connectivity index (χ3v) is 7.78. The highest BCUT2D eigenvalue weighted by Crippen LogP contribution is 2.33. The van der Waals surface area contributed by atoms with Crippen molar-refractivity contribution in [2.24, 2.45) is 0 Å². The molecule has 2 aromatic carbocycles. The summed E-state index contributed by atoms with van der Waals surface area (Å²) in [6.45, 7) is 5.19. The Morgan fingerprint density at radius 1 is 0.744 bits per heavy atom. The van der Waals surface area contributed by atoms with Crippen LogP contribution in [0.2, 0.25) is 0 Å². The first-order valence-electron chi connectivity index (χ1n) is 15.2. The number of nitrogens with zero attached hydrogens (tertiary/aromatic N) is 2. The van der Waals surface area contributed by atoms with Crippen LogP contribution < -0.4 is 0 Å². The first kappa shape index (κ1) is 31.3. The Hall–Kier alpha value is -2.23. The van der Waals surface area contributed by atoms with Crippen LogP contribution in [-0.4, -0.2) is 49.5 Å². The summed E-state index contributed by atoms with van der Waals surface area (Å²) in [5.41, 5.74) is 2.38. The minimum atomic E-state index is -0.0238. The minimum Gasteiger partial charge on any atom is -0.374 e. The zero-order valence-corrected chi connectivity index (χ0v) is 24.3. The van der Waals surface area contributed by atoms with Gasteiger partial charge in [-0.15, -0.1) is 0 Å². The van der Waals surface area contributed by atoms with Crippen LogP contribution in [0.1, 0.15) is 88.7 Å². The number of ether oxygens (including phenoxy) is 3. The molecule has 0 amide bonds. The Balaban J connectivity index is 1.68. The molecule has 1 aliphatic carbocycles. The quantitative estimate of drug-likeness (QED) is 0.163. The molecule has 0 spiro atoms. The Bertz CT molecular complexity index is 917. The number of likely N-dealkylation sites (N-methyl/N-ethyl adjacent to an activating group) is 1. The molecule has 2 aromatic rings. The van der Waals surface area contributed by atoms with E-state index in [2.05, 4.69) is 73.5 Å². The standard InChI is InChI=1S/C34H50N2O3/c1-3-4-5-9-18-25-37-34-32(39-28-30-21-14-11-15-22-30)26-31(38-27-29-19-12-10-13-20-29)33(34)36(2)24-17-8-6-7-16-23-35/h10-15,19-22,31-34H,3-9,16-18,24-28H2,1-2H3/t31-,32+,33+,34+/m1/s1. The molecule has 1 saturated carbocycles. The number of rotatable bonds is 20. The van der Waals surface area contributed by atoms with E-state index in [0.29, 0.717) is 19.6 Å². The molecule has 5 heteroatoms. The van der Waals surface area contributed by atoms with Crippen LogP contribution in [0.25, 0.3) is 0 Å². The van der Waals surface area contributed by atoms with Gasteiger partial charge in [-0.1, -0.05) is 106 Å². The van der Waals surface area contributed by atoms with E-state index in [0.717, 1.165) is 51.7 Å². The molecule has 214 valence electrons. The highest BCUT2D eigenvalue weighted by atomic mass is 16.6. The molecule has 0 saturated heterocycles. The molecule has 4 atom stereocenters. The van der Waals surface area contributed by atoms with E-state index >= 15 is 0 Å².